The third kappa shape index (κ3) is 4.24. The summed E-state index contributed by atoms with van der Waals surface area (Å²) in [6.07, 6.45) is 2.62. The lowest BCUT2D eigenvalue weighted by atomic mass is 10.0. The molecule has 104 valence electrons. The van der Waals surface area contributed by atoms with Gasteiger partial charge in [-0.25, -0.2) is 0 Å². The SMILES string of the molecule is CCCOc1ccccc1NC(=O)CC1CCNC1. The van der Waals surface area contributed by atoms with Gasteiger partial charge in [0.25, 0.3) is 0 Å². The Morgan fingerprint density at radius 1 is 1.47 bits per heavy atom. The minimum atomic E-state index is 0.0706. The second kappa shape index (κ2) is 7.14. The van der Waals surface area contributed by atoms with Crippen molar-refractivity contribution in [3.05, 3.63) is 24.3 Å². The molecular formula is C15H22N2O2. The Morgan fingerprint density at radius 2 is 2.32 bits per heavy atom. The molecule has 4 nitrogen and oxygen atoms in total. The average Bonchev–Trinajstić information content (AvgIpc) is 2.90. The normalized spacial score (nSPS) is 18.3. The number of carbonyl (C=O) groups excluding carboxylic acids is 1. The van der Waals surface area contributed by atoms with Crippen molar-refractivity contribution in [2.24, 2.45) is 5.92 Å². The van der Waals surface area contributed by atoms with E-state index in [1.165, 1.54) is 0 Å². The van der Waals surface area contributed by atoms with Crippen molar-refractivity contribution in [1.29, 1.82) is 0 Å². The maximum absolute atomic E-state index is 12.0. The first-order valence-electron chi connectivity index (χ1n) is 7.02. The zero-order chi connectivity index (χ0) is 13.5. The lowest BCUT2D eigenvalue weighted by Crippen LogP contribution is -2.18. The van der Waals surface area contributed by atoms with Crippen LogP contribution in [0.3, 0.4) is 0 Å². The molecule has 1 unspecified atom stereocenters. The zero-order valence-corrected chi connectivity index (χ0v) is 11.4. The van der Waals surface area contributed by atoms with Gasteiger partial charge in [0.2, 0.25) is 5.91 Å². The molecule has 0 bridgehead atoms. The van der Waals surface area contributed by atoms with Gasteiger partial charge >= 0.3 is 0 Å². The Balaban J connectivity index is 1.91. The van der Waals surface area contributed by atoms with Crippen LogP contribution in [0.4, 0.5) is 5.69 Å². The van der Waals surface area contributed by atoms with Crippen LogP contribution in [0, 0.1) is 5.92 Å². The fraction of sp³-hybridized carbons (Fsp3) is 0.533. The minimum absolute atomic E-state index is 0.0706. The molecule has 0 saturated carbocycles. The van der Waals surface area contributed by atoms with Gasteiger partial charge in [0.15, 0.2) is 0 Å². The molecule has 2 N–H and O–H groups in total. The quantitative estimate of drug-likeness (QED) is 0.827. The van der Waals surface area contributed by atoms with Gasteiger partial charge in [-0.1, -0.05) is 19.1 Å². The second-order valence-electron chi connectivity index (χ2n) is 4.96. The molecule has 1 aromatic carbocycles. The van der Waals surface area contributed by atoms with E-state index in [-0.39, 0.29) is 5.91 Å². The summed E-state index contributed by atoms with van der Waals surface area (Å²) in [5.74, 6) is 1.28. The lowest BCUT2D eigenvalue weighted by Gasteiger charge is -2.13. The monoisotopic (exact) mass is 262 g/mol. The van der Waals surface area contributed by atoms with Gasteiger partial charge in [-0.15, -0.1) is 0 Å². The highest BCUT2D eigenvalue weighted by atomic mass is 16.5. The van der Waals surface area contributed by atoms with Crippen molar-refractivity contribution in [1.82, 2.24) is 5.32 Å². The number of hydrogen-bond donors (Lipinski definition) is 2. The van der Waals surface area contributed by atoms with E-state index >= 15 is 0 Å². The van der Waals surface area contributed by atoms with Crippen LogP contribution in [0.15, 0.2) is 24.3 Å². The van der Waals surface area contributed by atoms with E-state index in [1.54, 1.807) is 0 Å². The molecule has 2 rings (SSSR count). The largest absolute Gasteiger partial charge is 0.491 e. The molecule has 1 saturated heterocycles. The highest BCUT2D eigenvalue weighted by Crippen LogP contribution is 2.24. The van der Waals surface area contributed by atoms with Gasteiger partial charge in [-0.05, 0) is 44.0 Å². The lowest BCUT2D eigenvalue weighted by molar-refractivity contribution is -0.117. The summed E-state index contributed by atoms with van der Waals surface area (Å²) in [6.45, 7) is 4.70. The number of amides is 1. The number of benzene rings is 1. The third-order valence-corrected chi connectivity index (χ3v) is 3.26. The molecule has 1 aliphatic rings. The molecular weight excluding hydrogens is 240 g/mol. The molecule has 4 heteroatoms. The molecule has 0 aromatic heterocycles. The Bertz CT molecular complexity index is 414. The van der Waals surface area contributed by atoms with Gasteiger partial charge in [0.1, 0.15) is 5.75 Å². The fourth-order valence-corrected chi connectivity index (χ4v) is 2.26. The van der Waals surface area contributed by atoms with Crippen LogP contribution < -0.4 is 15.4 Å². The van der Waals surface area contributed by atoms with Gasteiger partial charge < -0.3 is 15.4 Å². The van der Waals surface area contributed by atoms with Crippen molar-refractivity contribution >= 4 is 11.6 Å². The Labute approximate surface area is 114 Å². The van der Waals surface area contributed by atoms with Crippen molar-refractivity contribution < 1.29 is 9.53 Å². The summed E-state index contributed by atoms with van der Waals surface area (Å²) >= 11 is 0. The number of carbonyl (C=O) groups is 1. The van der Waals surface area contributed by atoms with E-state index in [2.05, 4.69) is 17.6 Å². The van der Waals surface area contributed by atoms with Gasteiger partial charge in [0.05, 0.1) is 12.3 Å². The maximum atomic E-state index is 12.0. The van der Waals surface area contributed by atoms with E-state index in [4.69, 9.17) is 4.74 Å². The number of para-hydroxylation sites is 2. The highest BCUT2D eigenvalue weighted by molar-refractivity contribution is 5.92. The van der Waals surface area contributed by atoms with Crippen molar-refractivity contribution in [3.63, 3.8) is 0 Å². The van der Waals surface area contributed by atoms with Crippen LogP contribution in [0.25, 0.3) is 0 Å². The van der Waals surface area contributed by atoms with E-state index in [1.807, 2.05) is 24.3 Å². The molecule has 1 atom stereocenters. The molecule has 19 heavy (non-hydrogen) atoms. The third-order valence-electron chi connectivity index (χ3n) is 3.26. The molecule has 0 aliphatic carbocycles. The van der Waals surface area contributed by atoms with E-state index in [0.717, 1.165) is 37.4 Å². The number of nitrogens with one attached hydrogen (secondary N) is 2. The molecule has 0 spiro atoms. The first-order chi connectivity index (χ1) is 9.29. The summed E-state index contributed by atoms with van der Waals surface area (Å²) in [5, 5.41) is 6.23. The topological polar surface area (TPSA) is 50.4 Å². The van der Waals surface area contributed by atoms with E-state index in [0.29, 0.717) is 18.9 Å². The summed E-state index contributed by atoms with van der Waals surface area (Å²) in [5.41, 5.74) is 0.770. The number of hydrogen-bond acceptors (Lipinski definition) is 3. The van der Waals surface area contributed by atoms with E-state index < -0.39 is 0 Å². The van der Waals surface area contributed by atoms with Crippen LogP contribution in [0.2, 0.25) is 0 Å². The Hall–Kier alpha value is -1.55. The predicted octanol–water partition coefficient (Wildman–Crippen LogP) is 2.41. The summed E-state index contributed by atoms with van der Waals surface area (Å²) in [7, 11) is 0. The van der Waals surface area contributed by atoms with Crippen LogP contribution in [-0.2, 0) is 4.79 Å². The molecule has 1 aliphatic heterocycles. The second-order valence-corrected chi connectivity index (χ2v) is 4.96. The summed E-state index contributed by atoms with van der Waals surface area (Å²) < 4.78 is 5.63. The van der Waals surface area contributed by atoms with Crippen molar-refractivity contribution in [3.8, 4) is 5.75 Å². The smallest absolute Gasteiger partial charge is 0.224 e. The average molecular weight is 262 g/mol. The number of rotatable bonds is 6. The fourth-order valence-electron chi connectivity index (χ4n) is 2.26. The molecule has 1 amide bonds. The van der Waals surface area contributed by atoms with Crippen molar-refractivity contribution in [2.45, 2.75) is 26.2 Å². The maximum Gasteiger partial charge on any atom is 0.224 e. The predicted molar refractivity (Wildman–Crippen MR) is 76.5 cm³/mol. The number of ether oxygens (including phenoxy) is 1. The molecule has 1 aromatic rings. The Kier molecular flexibility index (Phi) is 5.21. The van der Waals surface area contributed by atoms with Gasteiger partial charge in [-0.2, -0.15) is 0 Å². The standard InChI is InChI=1S/C15H22N2O2/c1-2-9-19-14-6-4-3-5-13(14)17-15(18)10-12-7-8-16-11-12/h3-6,12,16H,2,7-11H2,1H3,(H,17,18). The summed E-state index contributed by atoms with van der Waals surface area (Å²) in [6, 6.07) is 7.60. The summed E-state index contributed by atoms with van der Waals surface area (Å²) in [4.78, 5) is 12.0. The first kappa shape index (κ1) is 13.9. The van der Waals surface area contributed by atoms with Crippen LogP contribution in [0.5, 0.6) is 5.75 Å². The van der Waals surface area contributed by atoms with Crippen molar-refractivity contribution in [2.75, 3.05) is 25.0 Å². The van der Waals surface area contributed by atoms with Crippen LogP contribution in [0.1, 0.15) is 26.2 Å². The van der Waals surface area contributed by atoms with Crippen LogP contribution in [-0.4, -0.2) is 25.6 Å². The first-order valence-corrected chi connectivity index (χ1v) is 7.02. The number of anilines is 1. The molecule has 0 radical (unpaired) electrons. The van der Waals surface area contributed by atoms with Crippen LogP contribution >= 0.6 is 0 Å². The van der Waals surface area contributed by atoms with Gasteiger partial charge in [0, 0.05) is 6.42 Å². The highest BCUT2D eigenvalue weighted by Gasteiger charge is 2.18. The Morgan fingerprint density at radius 3 is 3.05 bits per heavy atom. The molecule has 1 heterocycles. The minimum Gasteiger partial charge on any atom is -0.491 e. The van der Waals surface area contributed by atoms with E-state index in [9.17, 15) is 4.79 Å². The molecule has 1 fully saturated rings. The zero-order valence-electron chi connectivity index (χ0n) is 11.4. The van der Waals surface area contributed by atoms with Gasteiger partial charge in [-0.3, -0.25) is 4.79 Å².